The first kappa shape index (κ1) is 29.2. The Morgan fingerprint density at radius 3 is 2.34 bits per heavy atom. The van der Waals surface area contributed by atoms with Crippen molar-refractivity contribution in [3.63, 3.8) is 0 Å². The van der Waals surface area contributed by atoms with Crippen LogP contribution in [0.4, 0.5) is 0 Å². The maximum atomic E-state index is 13.3. The van der Waals surface area contributed by atoms with Crippen molar-refractivity contribution >= 4 is 16.0 Å². The smallest absolute Gasteiger partial charge is 0.310 e. The number of nitrogens with one attached hydrogen (secondary N) is 2. The van der Waals surface area contributed by atoms with Crippen LogP contribution in [-0.2, 0) is 19.6 Å². The standard InChI is InChI=1S/C28H37N3O9S/c1-15(29)5-4-6-30-7-8-41(34,35)31-26-18-12-21-20(39-14-40-21)11-17(18)24(25-19(26)13-38-28(25)33)16-9-22(36-2)27(32)23(10-16)37-3/h9-12,15,19,24-26,30-32H,4-8,13-14,29H2,1-3H3. The number of nitrogens with two attached hydrogens (primary N) is 1. The number of phenols is 1. The molecule has 2 heterocycles. The van der Waals surface area contributed by atoms with Gasteiger partial charge in [0.25, 0.3) is 0 Å². The number of carbonyl (C=O) groups is 1. The van der Waals surface area contributed by atoms with E-state index in [2.05, 4.69) is 10.0 Å². The Balaban J connectivity index is 1.51. The van der Waals surface area contributed by atoms with Crippen molar-refractivity contribution in [3.05, 3.63) is 41.0 Å². The molecule has 1 saturated heterocycles. The van der Waals surface area contributed by atoms with Crippen LogP contribution >= 0.6 is 0 Å². The monoisotopic (exact) mass is 591 g/mol. The van der Waals surface area contributed by atoms with Crippen LogP contribution in [0.1, 0.15) is 48.4 Å². The van der Waals surface area contributed by atoms with Crippen molar-refractivity contribution in [2.24, 2.45) is 17.6 Å². The van der Waals surface area contributed by atoms with E-state index in [4.69, 9.17) is 29.4 Å². The largest absolute Gasteiger partial charge is 0.502 e. The minimum atomic E-state index is -3.76. The van der Waals surface area contributed by atoms with Gasteiger partial charge < -0.3 is 39.8 Å². The molecule has 13 heteroatoms. The van der Waals surface area contributed by atoms with Crippen LogP contribution in [0.3, 0.4) is 0 Å². The summed E-state index contributed by atoms with van der Waals surface area (Å²) in [6, 6.07) is 6.23. The highest BCUT2D eigenvalue weighted by atomic mass is 32.2. The van der Waals surface area contributed by atoms with Gasteiger partial charge >= 0.3 is 5.97 Å². The van der Waals surface area contributed by atoms with E-state index in [1.807, 2.05) is 6.92 Å². The molecule has 224 valence electrons. The molecule has 2 aromatic carbocycles. The summed E-state index contributed by atoms with van der Waals surface area (Å²) in [6.45, 7) is 2.95. The van der Waals surface area contributed by atoms with E-state index in [9.17, 15) is 18.3 Å². The molecule has 2 aliphatic heterocycles. The molecular formula is C28H37N3O9S. The number of ether oxygens (including phenoxy) is 5. The van der Waals surface area contributed by atoms with Crippen LogP contribution in [0.2, 0.25) is 0 Å². The van der Waals surface area contributed by atoms with E-state index in [1.54, 1.807) is 24.3 Å². The predicted molar refractivity (Wildman–Crippen MR) is 149 cm³/mol. The number of hydrogen-bond donors (Lipinski definition) is 4. The molecule has 0 saturated carbocycles. The quantitative estimate of drug-likeness (QED) is 0.210. The van der Waals surface area contributed by atoms with Crippen molar-refractivity contribution in [2.45, 2.75) is 37.8 Å². The Bertz CT molecular complexity index is 1370. The molecular weight excluding hydrogens is 554 g/mol. The molecule has 12 nitrogen and oxygen atoms in total. The van der Waals surface area contributed by atoms with Crippen molar-refractivity contribution in [2.75, 3.05) is 46.5 Å². The van der Waals surface area contributed by atoms with Crippen molar-refractivity contribution in [1.29, 1.82) is 0 Å². The number of carbonyl (C=O) groups excluding carboxylic acids is 1. The first-order valence-corrected chi connectivity index (χ1v) is 15.3. The number of sulfonamides is 1. The molecule has 5 atom stereocenters. The Labute approximate surface area is 239 Å². The van der Waals surface area contributed by atoms with Gasteiger partial charge in [-0.3, -0.25) is 4.79 Å². The summed E-state index contributed by atoms with van der Waals surface area (Å²) in [5.74, 6) is -1.16. The number of methoxy groups -OCH3 is 2. The number of esters is 1. The van der Waals surface area contributed by atoms with Gasteiger partial charge in [-0.25, -0.2) is 13.1 Å². The fourth-order valence-corrected chi connectivity index (χ4v) is 7.16. The lowest BCUT2D eigenvalue weighted by atomic mass is 9.65. The summed E-state index contributed by atoms with van der Waals surface area (Å²) in [6.07, 6.45) is 1.70. The van der Waals surface area contributed by atoms with Gasteiger partial charge in [-0.15, -0.1) is 0 Å². The molecule has 5 N–H and O–H groups in total. The Hall–Kier alpha value is -3.26. The van der Waals surface area contributed by atoms with E-state index in [-0.39, 0.29) is 49.0 Å². The lowest BCUT2D eigenvalue weighted by Gasteiger charge is -2.39. The molecule has 0 bridgehead atoms. The van der Waals surface area contributed by atoms with Gasteiger partial charge in [0.1, 0.15) is 0 Å². The Morgan fingerprint density at radius 2 is 1.71 bits per heavy atom. The minimum Gasteiger partial charge on any atom is -0.502 e. The van der Waals surface area contributed by atoms with Gasteiger partial charge in [-0.05, 0) is 67.3 Å². The molecule has 3 aliphatic rings. The van der Waals surface area contributed by atoms with Crippen LogP contribution in [0, 0.1) is 11.8 Å². The molecule has 0 radical (unpaired) electrons. The maximum Gasteiger partial charge on any atom is 0.310 e. The highest BCUT2D eigenvalue weighted by molar-refractivity contribution is 7.89. The third-order valence-corrected chi connectivity index (χ3v) is 9.27. The van der Waals surface area contributed by atoms with Gasteiger partial charge in [0.2, 0.25) is 22.6 Å². The van der Waals surface area contributed by atoms with E-state index >= 15 is 0 Å². The number of fused-ring (bicyclic) bond motifs is 3. The van der Waals surface area contributed by atoms with Crippen LogP contribution in [0.5, 0.6) is 28.7 Å². The van der Waals surface area contributed by atoms with Crippen molar-refractivity contribution in [1.82, 2.24) is 10.0 Å². The number of benzene rings is 2. The minimum absolute atomic E-state index is 0.0314. The summed E-state index contributed by atoms with van der Waals surface area (Å²) in [5.41, 5.74) is 7.77. The molecule has 1 fully saturated rings. The second kappa shape index (κ2) is 11.9. The average Bonchev–Trinajstić information content (AvgIpc) is 3.56. The van der Waals surface area contributed by atoms with Crippen molar-refractivity contribution < 1.29 is 42.0 Å². The number of aromatic hydroxyl groups is 1. The van der Waals surface area contributed by atoms with Crippen molar-refractivity contribution in [3.8, 4) is 28.7 Å². The van der Waals surface area contributed by atoms with Gasteiger partial charge in [0.05, 0.1) is 38.5 Å². The second-order valence-corrected chi connectivity index (χ2v) is 12.6. The fraction of sp³-hybridized carbons (Fsp3) is 0.536. The predicted octanol–water partition coefficient (Wildman–Crippen LogP) is 1.75. The van der Waals surface area contributed by atoms with E-state index in [0.29, 0.717) is 34.7 Å². The number of rotatable bonds is 12. The van der Waals surface area contributed by atoms with Crippen LogP contribution in [0.15, 0.2) is 24.3 Å². The maximum absolute atomic E-state index is 13.3. The fourth-order valence-electron chi connectivity index (χ4n) is 5.94. The third kappa shape index (κ3) is 5.89. The number of phenolic OH excluding ortho intramolecular Hbond substituents is 1. The van der Waals surface area contributed by atoms with E-state index in [0.717, 1.165) is 12.8 Å². The van der Waals surface area contributed by atoms with E-state index < -0.39 is 39.8 Å². The number of hydrogen-bond acceptors (Lipinski definition) is 11. The zero-order valence-electron chi connectivity index (χ0n) is 23.3. The number of cyclic esters (lactones) is 1. The zero-order chi connectivity index (χ0) is 29.3. The molecule has 0 aromatic heterocycles. The lowest BCUT2D eigenvalue weighted by molar-refractivity contribution is -0.141. The van der Waals surface area contributed by atoms with Crippen LogP contribution < -0.4 is 34.7 Å². The summed E-state index contributed by atoms with van der Waals surface area (Å²) in [5, 5.41) is 13.7. The van der Waals surface area contributed by atoms with Gasteiger partial charge in [-0.1, -0.05) is 0 Å². The summed E-state index contributed by atoms with van der Waals surface area (Å²) in [7, 11) is -0.902. The SMILES string of the molecule is COc1cc(C2c3cc4c(cc3C(NS(=O)(=O)CCNCCCC(C)N)C3COC(=O)C23)OCO4)cc(OC)c1O. The van der Waals surface area contributed by atoms with Crippen LogP contribution in [0.25, 0.3) is 0 Å². The third-order valence-electron chi connectivity index (χ3n) is 7.92. The van der Waals surface area contributed by atoms with E-state index in [1.165, 1.54) is 14.2 Å². The summed E-state index contributed by atoms with van der Waals surface area (Å²) < 4.78 is 57.0. The summed E-state index contributed by atoms with van der Waals surface area (Å²) in [4.78, 5) is 13.3. The van der Waals surface area contributed by atoms with Gasteiger partial charge in [0, 0.05) is 24.4 Å². The molecule has 5 rings (SSSR count). The molecule has 0 amide bonds. The van der Waals surface area contributed by atoms with Crippen LogP contribution in [-0.4, -0.2) is 72.0 Å². The normalized spacial score (nSPS) is 23.5. The second-order valence-electron chi connectivity index (χ2n) is 10.7. The zero-order valence-corrected chi connectivity index (χ0v) is 24.2. The Morgan fingerprint density at radius 1 is 1.05 bits per heavy atom. The lowest BCUT2D eigenvalue weighted by Crippen LogP contribution is -2.44. The topological polar surface area (TPSA) is 168 Å². The molecule has 1 aliphatic carbocycles. The first-order chi connectivity index (χ1) is 19.6. The molecule has 0 spiro atoms. The first-order valence-electron chi connectivity index (χ1n) is 13.6. The molecule has 5 unspecified atom stereocenters. The van der Waals surface area contributed by atoms with Gasteiger partial charge in [-0.2, -0.15) is 0 Å². The molecule has 41 heavy (non-hydrogen) atoms. The highest BCUT2D eigenvalue weighted by Gasteiger charge is 2.53. The van der Waals surface area contributed by atoms with Gasteiger partial charge in [0.15, 0.2) is 23.0 Å². The highest BCUT2D eigenvalue weighted by Crippen LogP contribution is 2.55. The Kier molecular flexibility index (Phi) is 8.50. The summed E-state index contributed by atoms with van der Waals surface area (Å²) >= 11 is 0. The average molecular weight is 592 g/mol. The molecule has 2 aromatic rings.